The summed E-state index contributed by atoms with van der Waals surface area (Å²) in [5, 5.41) is 0. The minimum Gasteiger partial charge on any atom is -0.448 e. The molecule has 0 saturated carbocycles. The molecule has 3 aromatic rings. The molecule has 1 heterocycles. The lowest BCUT2D eigenvalue weighted by Gasteiger charge is -2.23. The predicted molar refractivity (Wildman–Crippen MR) is 124 cm³/mol. The van der Waals surface area contributed by atoms with Crippen molar-refractivity contribution >= 4 is 23.9 Å². The van der Waals surface area contributed by atoms with Gasteiger partial charge in [0.2, 0.25) is 24.8 Å². The van der Waals surface area contributed by atoms with E-state index < -0.39 is 48.7 Å². The Morgan fingerprint density at radius 1 is 0.528 bits per heavy atom. The summed E-state index contributed by atoms with van der Waals surface area (Å²) < 4.78 is 27.4. The topological polar surface area (TPSA) is 114 Å². The molecule has 4 rings (SSSR count). The molecule has 1 saturated heterocycles. The summed E-state index contributed by atoms with van der Waals surface area (Å²) in [6.45, 7) is 1.13. The van der Waals surface area contributed by atoms with Crippen LogP contribution < -0.4 is 0 Å². The van der Waals surface area contributed by atoms with E-state index in [2.05, 4.69) is 0 Å². The summed E-state index contributed by atoms with van der Waals surface area (Å²) >= 11 is 0. The van der Waals surface area contributed by atoms with Crippen molar-refractivity contribution in [1.82, 2.24) is 0 Å². The van der Waals surface area contributed by atoms with Gasteiger partial charge in [0.05, 0.1) is 16.7 Å². The van der Waals surface area contributed by atoms with Gasteiger partial charge in [0.25, 0.3) is 0 Å². The fourth-order valence-electron chi connectivity index (χ4n) is 3.47. The molecule has 0 amide bonds. The van der Waals surface area contributed by atoms with E-state index in [1.54, 1.807) is 54.6 Å². The van der Waals surface area contributed by atoms with Crippen LogP contribution in [0.4, 0.5) is 0 Å². The van der Waals surface area contributed by atoms with Crippen molar-refractivity contribution in [2.24, 2.45) is 0 Å². The first-order valence-corrected chi connectivity index (χ1v) is 11.0. The lowest BCUT2D eigenvalue weighted by Crippen LogP contribution is -2.42. The molecule has 1 aliphatic rings. The maximum Gasteiger partial charge on any atom is 0.340 e. The molecule has 9 heteroatoms. The smallest absolute Gasteiger partial charge is 0.340 e. The third-order valence-corrected chi connectivity index (χ3v) is 5.15. The van der Waals surface area contributed by atoms with Crippen LogP contribution in [0.5, 0.6) is 0 Å². The van der Waals surface area contributed by atoms with Gasteiger partial charge in [-0.25, -0.2) is 14.4 Å². The minimum atomic E-state index is -1.54. The second-order valence-electron chi connectivity index (χ2n) is 7.73. The zero-order valence-electron chi connectivity index (χ0n) is 19.1. The highest BCUT2D eigenvalue weighted by Crippen LogP contribution is 2.31. The van der Waals surface area contributed by atoms with Crippen LogP contribution in [-0.2, 0) is 28.5 Å². The number of hydrogen-bond acceptors (Lipinski definition) is 9. The zero-order chi connectivity index (χ0) is 25.5. The molecule has 0 radical (unpaired) electrons. The molecule has 184 valence electrons. The number of hydrogen-bond donors (Lipinski definition) is 0. The van der Waals surface area contributed by atoms with Crippen molar-refractivity contribution in [3.05, 3.63) is 108 Å². The average molecular weight is 490 g/mol. The van der Waals surface area contributed by atoms with Crippen LogP contribution in [0, 0.1) is 0 Å². The Kier molecular flexibility index (Phi) is 7.72. The fourth-order valence-corrected chi connectivity index (χ4v) is 3.47. The monoisotopic (exact) mass is 490 g/mol. The van der Waals surface area contributed by atoms with E-state index in [1.807, 2.05) is 0 Å². The Morgan fingerprint density at radius 2 is 0.861 bits per heavy atom. The van der Waals surface area contributed by atoms with Crippen LogP contribution in [-0.4, -0.2) is 48.7 Å². The van der Waals surface area contributed by atoms with Gasteiger partial charge in [-0.1, -0.05) is 54.6 Å². The number of carbonyl (C=O) groups is 4. The average Bonchev–Trinajstić information content (AvgIpc) is 3.19. The van der Waals surface area contributed by atoms with Gasteiger partial charge >= 0.3 is 23.9 Å². The van der Waals surface area contributed by atoms with Gasteiger partial charge in [-0.05, 0) is 36.4 Å². The van der Waals surface area contributed by atoms with Gasteiger partial charge in [0.15, 0.2) is 0 Å². The Balaban J connectivity index is 1.63. The number of rotatable bonds is 7. The lowest BCUT2D eigenvalue weighted by molar-refractivity contribution is -0.208. The van der Waals surface area contributed by atoms with Crippen LogP contribution >= 0.6 is 0 Å². The van der Waals surface area contributed by atoms with Gasteiger partial charge in [-0.15, -0.1) is 0 Å². The van der Waals surface area contributed by atoms with Crippen molar-refractivity contribution in [3.8, 4) is 0 Å². The molecular weight excluding hydrogens is 468 g/mol. The predicted octanol–water partition coefficient (Wildman–Crippen LogP) is 3.54. The molecule has 4 unspecified atom stereocenters. The Morgan fingerprint density at radius 3 is 1.22 bits per heavy atom. The lowest BCUT2D eigenvalue weighted by atomic mass is 10.2. The molecule has 0 aliphatic carbocycles. The van der Waals surface area contributed by atoms with Crippen LogP contribution in [0.25, 0.3) is 0 Å². The van der Waals surface area contributed by atoms with Gasteiger partial charge in [0.1, 0.15) is 0 Å². The van der Waals surface area contributed by atoms with Crippen molar-refractivity contribution in [1.29, 1.82) is 0 Å². The van der Waals surface area contributed by atoms with Crippen molar-refractivity contribution in [2.75, 3.05) is 0 Å². The van der Waals surface area contributed by atoms with Crippen LogP contribution in [0.3, 0.4) is 0 Å². The van der Waals surface area contributed by atoms with E-state index in [-0.39, 0.29) is 16.7 Å². The second-order valence-corrected chi connectivity index (χ2v) is 7.73. The second kappa shape index (κ2) is 11.3. The summed E-state index contributed by atoms with van der Waals surface area (Å²) in [6, 6.07) is 24.2. The van der Waals surface area contributed by atoms with E-state index in [0.29, 0.717) is 0 Å². The van der Waals surface area contributed by atoms with Crippen LogP contribution in [0.1, 0.15) is 38.0 Å². The summed E-state index contributed by atoms with van der Waals surface area (Å²) in [5.74, 6) is -3.09. The number of ether oxygens (including phenoxy) is 5. The van der Waals surface area contributed by atoms with Crippen molar-refractivity contribution < 1.29 is 42.9 Å². The molecule has 1 fully saturated rings. The van der Waals surface area contributed by atoms with Crippen molar-refractivity contribution in [3.63, 3.8) is 0 Å². The van der Waals surface area contributed by atoms with Gasteiger partial charge < -0.3 is 18.9 Å². The number of benzene rings is 3. The van der Waals surface area contributed by atoms with Gasteiger partial charge in [0, 0.05) is 6.92 Å². The normalized spacial score (nSPS) is 20.7. The molecule has 4 atom stereocenters. The van der Waals surface area contributed by atoms with E-state index in [0.717, 1.165) is 6.92 Å². The maximum absolute atomic E-state index is 12.9. The first kappa shape index (κ1) is 24.6. The Labute approximate surface area is 206 Å². The summed E-state index contributed by atoms with van der Waals surface area (Å²) in [7, 11) is 0. The largest absolute Gasteiger partial charge is 0.448 e. The van der Waals surface area contributed by atoms with E-state index >= 15 is 0 Å². The van der Waals surface area contributed by atoms with E-state index in [9.17, 15) is 19.2 Å². The van der Waals surface area contributed by atoms with E-state index in [1.165, 1.54) is 36.4 Å². The Bertz CT molecular complexity index is 1210. The third-order valence-electron chi connectivity index (χ3n) is 5.15. The minimum absolute atomic E-state index is 0.203. The fraction of sp³-hybridized carbons (Fsp3) is 0.185. The SMILES string of the molecule is CC(=O)OC1OC(OC(=O)c2ccccc2)C(OC(=O)c2ccccc2)C1OC(=O)c1ccccc1. The maximum atomic E-state index is 12.9. The highest BCUT2D eigenvalue weighted by Gasteiger charge is 2.54. The van der Waals surface area contributed by atoms with Gasteiger partial charge in [-0.2, -0.15) is 0 Å². The van der Waals surface area contributed by atoms with Crippen LogP contribution in [0.15, 0.2) is 91.0 Å². The summed E-state index contributed by atoms with van der Waals surface area (Å²) in [5.41, 5.74) is 0.620. The molecule has 0 aromatic heterocycles. The number of esters is 4. The summed E-state index contributed by atoms with van der Waals surface area (Å²) in [6.07, 6.45) is -5.91. The molecule has 0 N–H and O–H groups in total. The zero-order valence-corrected chi connectivity index (χ0v) is 19.1. The molecule has 0 spiro atoms. The third kappa shape index (κ3) is 5.94. The number of carbonyl (C=O) groups excluding carboxylic acids is 4. The first-order chi connectivity index (χ1) is 17.4. The van der Waals surface area contributed by atoms with Gasteiger partial charge in [-0.3, -0.25) is 9.53 Å². The molecule has 3 aromatic carbocycles. The quantitative estimate of drug-likeness (QED) is 0.362. The molecule has 36 heavy (non-hydrogen) atoms. The summed E-state index contributed by atoms with van der Waals surface area (Å²) in [4.78, 5) is 50.1. The van der Waals surface area contributed by atoms with Crippen molar-refractivity contribution in [2.45, 2.75) is 31.7 Å². The molecule has 1 aliphatic heterocycles. The molecule has 9 nitrogen and oxygen atoms in total. The standard InChI is InChI=1S/C27H22O9/c1-17(28)32-26-21(33-23(29)18-11-5-2-6-12-18)22(34-24(30)19-13-7-3-8-14-19)27(36-26)35-25(31)20-15-9-4-10-16-20/h2-16,21-22,26-27H,1H3. The molecule has 0 bridgehead atoms. The first-order valence-electron chi connectivity index (χ1n) is 11.0. The highest BCUT2D eigenvalue weighted by molar-refractivity contribution is 5.91. The van der Waals surface area contributed by atoms with E-state index in [4.69, 9.17) is 23.7 Å². The Hall–Kier alpha value is -4.50. The van der Waals surface area contributed by atoms with Crippen LogP contribution in [0.2, 0.25) is 0 Å². The molecular formula is C27H22O9. The highest BCUT2D eigenvalue weighted by atomic mass is 16.8.